The van der Waals surface area contributed by atoms with Crippen LogP contribution in [0.1, 0.15) is 34.9 Å². The zero-order valence-corrected chi connectivity index (χ0v) is 17.4. The van der Waals surface area contributed by atoms with Crippen LogP contribution >= 0.6 is 0 Å². The number of ether oxygens (including phenoxy) is 1. The van der Waals surface area contributed by atoms with Gasteiger partial charge in [-0.2, -0.15) is 0 Å². The number of benzene rings is 4. The van der Waals surface area contributed by atoms with Gasteiger partial charge in [0.2, 0.25) is 5.78 Å². The summed E-state index contributed by atoms with van der Waals surface area (Å²) in [6, 6.07) is 31.9. The maximum atomic E-state index is 13.7. The number of rotatable bonds is 2. The molecule has 0 aromatic heterocycles. The van der Waals surface area contributed by atoms with Crippen molar-refractivity contribution in [1.82, 2.24) is 0 Å². The van der Waals surface area contributed by atoms with Crippen molar-refractivity contribution in [3.05, 3.63) is 119 Å². The largest absolute Gasteiger partial charge is 0.507 e. The van der Waals surface area contributed by atoms with Gasteiger partial charge in [-0.1, -0.05) is 91.0 Å². The van der Waals surface area contributed by atoms with Crippen molar-refractivity contribution >= 4 is 22.3 Å². The van der Waals surface area contributed by atoms with Gasteiger partial charge < -0.3 is 9.84 Å². The number of fused-ring (bicyclic) bond motifs is 5. The summed E-state index contributed by atoms with van der Waals surface area (Å²) >= 11 is 0. The van der Waals surface area contributed by atoms with Crippen LogP contribution in [0.2, 0.25) is 0 Å². The molecule has 3 heteroatoms. The molecule has 6 rings (SSSR count). The van der Waals surface area contributed by atoms with Crippen molar-refractivity contribution in [2.45, 2.75) is 24.4 Å². The molecule has 1 N–H and O–H groups in total. The Labute approximate surface area is 186 Å². The third-order valence-electron chi connectivity index (χ3n) is 6.82. The van der Waals surface area contributed by atoms with Gasteiger partial charge in [-0.3, -0.25) is 4.79 Å². The third-order valence-corrected chi connectivity index (χ3v) is 6.82. The van der Waals surface area contributed by atoms with Gasteiger partial charge >= 0.3 is 0 Å². The lowest BCUT2D eigenvalue weighted by Gasteiger charge is -2.34. The molecule has 32 heavy (non-hydrogen) atoms. The molecule has 2 aliphatic rings. The van der Waals surface area contributed by atoms with Gasteiger partial charge in [0.1, 0.15) is 11.5 Å². The van der Waals surface area contributed by atoms with Crippen LogP contribution in [0.25, 0.3) is 16.5 Å². The second-order valence-electron chi connectivity index (χ2n) is 8.54. The lowest BCUT2D eigenvalue weighted by Crippen LogP contribution is -2.39. The van der Waals surface area contributed by atoms with Gasteiger partial charge in [0.15, 0.2) is 6.10 Å². The number of Topliss-reactive ketones (excluding diaryl/α,β-unsaturated/α-hetero) is 1. The summed E-state index contributed by atoms with van der Waals surface area (Å²) in [6.07, 6.45) is -0.174. The minimum atomic E-state index is -0.643. The maximum absolute atomic E-state index is 13.7. The highest BCUT2D eigenvalue weighted by Gasteiger charge is 2.50. The Morgan fingerprint density at radius 2 is 1.50 bits per heavy atom. The number of aliphatic hydroxyl groups is 1. The van der Waals surface area contributed by atoms with E-state index in [1.807, 2.05) is 72.8 Å². The van der Waals surface area contributed by atoms with Gasteiger partial charge in [-0.25, -0.2) is 0 Å². The molecule has 1 aliphatic carbocycles. The first-order valence-electron chi connectivity index (χ1n) is 11.0. The minimum Gasteiger partial charge on any atom is -0.507 e. The Balaban J connectivity index is 1.55. The Hall–Kier alpha value is -3.85. The van der Waals surface area contributed by atoms with Crippen LogP contribution in [-0.2, 0) is 4.79 Å². The van der Waals surface area contributed by atoms with E-state index in [2.05, 4.69) is 24.3 Å². The minimum absolute atomic E-state index is 0.0202. The summed E-state index contributed by atoms with van der Waals surface area (Å²) in [5, 5.41) is 13.4. The fourth-order valence-electron chi connectivity index (χ4n) is 5.34. The van der Waals surface area contributed by atoms with E-state index in [0.717, 1.165) is 27.6 Å². The molecule has 156 valence electrons. The van der Waals surface area contributed by atoms with E-state index in [1.165, 1.54) is 0 Å². The number of aliphatic hydroxyl groups excluding tert-OH is 1. The first kappa shape index (κ1) is 18.9. The second kappa shape index (κ2) is 7.38. The highest BCUT2D eigenvalue weighted by molar-refractivity contribution is 6.07. The van der Waals surface area contributed by atoms with E-state index in [-0.39, 0.29) is 23.4 Å². The normalized spacial score (nSPS) is 23.4. The highest BCUT2D eigenvalue weighted by atomic mass is 16.5. The molecule has 0 unspecified atom stereocenters. The monoisotopic (exact) mass is 418 g/mol. The van der Waals surface area contributed by atoms with E-state index in [9.17, 15) is 9.90 Å². The molecule has 1 saturated carbocycles. The van der Waals surface area contributed by atoms with Crippen LogP contribution in [0.15, 0.2) is 103 Å². The third kappa shape index (κ3) is 2.85. The van der Waals surface area contributed by atoms with Crippen LogP contribution in [0.4, 0.5) is 0 Å². The lowest BCUT2D eigenvalue weighted by molar-refractivity contribution is -0.123. The van der Waals surface area contributed by atoms with Crippen LogP contribution < -0.4 is 4.74 Å². The first-order valence-corrected chi connectivity index (χ1v) is 11.0. The molecule has 3 nitrogen and oxygen atoms in total. The lowest BCUT2D eigenvalue weighted by atomic mass is 9.68. The fraction of sp³-hybridized carbons (Fsp3) is 0.138. The zero-order valence-electron chi connectivity index (χ0n) is 17.4. The van der Waals surface area contributed by atoms with E-state index in [4.69, 9.17) is 4.74 Å². The summed E-state index contributed by atoms with van der Waals surface area (Å²) in [7, 11) is 0. The standard InChI is InChI=1S/C29H22O3/c30-27(20-12-5-2-6-13-20)23-17-22(18-9-3-1-4-10-18)26-25-21-14-8-7-11-19(21)15-16-24(25)32-29(26)28(23)31/h1-16,22,26,29-30H,17H2/b27-23+/t22-,26+,29-/m1/s1. The summed E-state index contributed by atoms with van der Waals surface area (Å²) < 4.78 is 6.30. The smallest absolute Gasteiger partial charge is 0.203 e. The molecule has 4 aromatic carbocycles. The van der Waals surface area contributed by atoms with E-state index in [1.54, 1.807) is 0 Å². The molecule has 1 fully saturated rings. The molecular weight excluding hydrogens is 396 g/mol. The van der Waals surface area contributed by atoms with Crippen LogP contribution in [0.3, 0.4) is 0 Å². The van der Waals surface area contributed by atoms with Gasteiger partial charge in [-0.05, 0) is 34.7 Å². The predicted octanol–water partition coefficient (Wildman–Crippen LogP) is 6.41. The molecule has 1 aliphatic heterocycles. The SMILES string of the molecule is O=C1/C(=C(/O)c2ccccc2)C[C@H](c2ccccc2)[C@H]2c3c(ccc4ccccc34)O[C@@H]12. The average Bonchev–Trinajstić information content (AvgIpc) is 3.26. The second-order valence-corrected chi connectivity index (χ2v) is 8.54. The van der Waals surface area contributed by atoms with E-state index in [0.29, 0.717) is 17.6 Å². The van der Waals surface area contributed by atoms with Gasteiger partial charge in [0, 0.05) is 22.6 Å². The number of carbonyl (C=O) groups excluding carboxylic acids is 1. The molecule has 0 radical (unpaired) electrons. The van der Waals surface area contributed by atoms with E-state index < -0.39 is 6.10 Å². The number of carbonyl (C=O) groups is 1. The van der Waals surface area contributed by atoms with Crippen molar-refractivity contribution in [2.24, 2.45) is 0 Å². The van der Waals surface area contributed by atoms with Crippen molar-refractivity contribution in [2.75, 3.05) is 0 Å². The average molecular weight is 418 g/mol. The summed E-state index contributed by atoms with van der Waals surface area (Å²) in [5.41, 5.74) is 3.36. The van der Waals surface area contributed by atoms with Crippen LogP contribution in [0, 0.1) is 0 Å². The molecule has 3 atom stereocenters. The number of hydrogen-bond acceptors (Lipinski definition) is 3. The molecule has 1 heterocycles. The van der Waals surface area contributed by atoms with Crippen LogP contribution in [-0.4, -0.2) is 17.0 Å². The van der Waals surface area contributed by atoms with E-state index >= 15 is 0 Å². The Morgan fingerprint density at radius 3 is 2.28 bits per heavy atom. The van der Waals surface area contributed by atoms with Crippen molar-refractivity contribution in [3.8, 4) is 5.75 Å². The van der Waals surface area contributed by atoms with Gasteiger partial charge in [0.25, 0.3) is 0 Å². The molecular formula is C29H22O3. The van der Waals surface area contributed by atoms with Crippen molar-refractivity contribution < 1.29 is 14.6 Å². The van der Waals surface area contributed by atoms with Gasteiger partial charge in [-0.15, -0.1) is 0 Å². The Kier molecular flexibility index (Phi) is 4.36. The van der Waals surface area contributed by atoms with Gasteiger partial charge in [0.05, 0.1) is 0 Å². The highest BCUT2D eigenvalue weighted by Crippen LogP contribution is 2.55. The fourth-order valence-corrected chi connectivity index (χ4v) is 5.34. The molecule has 0 spiro atoms. The Bertz CT molecular complexity index is 1360. The van der Waals surface area contributed by atoms with Crippen LogP contribution in [0.5, 0.6) is 5.75 Å². The zero-order chi connectivity index (χ0) is 21.7. The molecule has 0 saturated heterocycles. The van der Waals surface area contributed by atoms with Crippen molar-refractivity contribution in [3.63, 3.8) is 0 Å². The molecule has 4 aromatic rings. The number of hydrogen-bond donors (Lipinski definition) is 1. The topological polar surface area (TPSA) is 46.5 Å². The number of ketones is 1. The Morgan fingerprint density at radius 1 is 0.812 bits per heavy atom. The summed E-state index contributed by atoms with van der Waals surface area (Å²) in [6.45, 7) is 0. The maximum Gasteiger partial charge on any atom is 0.203 e. The predicted molar refractivity (Wildman–Crippen MR) is 126 cm³/mol. The summed E-state index contributed by atoms with van der Waals surface area (Å²) in [5.74, 6) is 0.627. The first-order chi connectivity index (χ1) is 15.7. The van der Waals surface area contributed by atoms with Crippen molar-refractivity contribution in [1.29, 1.82) is 0 Å². The quantitative estimate of drug-likeness (QED) is 0.302. The molecule has 0 amide bonds. The molecule has 0 bridgehead atoms. The summed E-state index contributed by atoms with van der Waals surface area (Å²) in [4.78, 5) is 13.7.